The summed E-state index contributed by atoms with van der Waals surface area (Å²) in [5, 5.41) is 9.93. The number of fused-ring (bicyclic) bond motifs is 1. The number of rotatable bonds is 6. The number of methoxy groups -OCH3 is 4. The molecular weight excluding hydrogens is 432 g/mol. The second-order valence-electron chi connectivity index (χ2n) is 7.32. The Morgan fingerprint density at radius 1 is 0.794 bits per heavy atom. The maximum atomic E-state index is 12.5. The zero-order valence-electron chi connectivity index (χ0n) is 19.2. The van der Waals surface area contributed by atoms with E-state index in [2.05, 4.69) is 11.1 Å². The van der Waals surface area contributed by atoms with Crippen molar-refractivity contribution in [3.8, 4) is 57.0 Å². The lowest BCUT2D eigenvalue weighted by Gasteiger charge is -2.15. The average molecular weight is 454 g/mol. The van der Waals surface area contributed by atoms with Gasteiger partial charge in [-0.1, -0.05) is 30.3 Å². The highest BCUT2D eigenvalue weighted by atomic mass is 16.5. The minimum Gasteiger partial charge on any atom is -0.497 e. The quantitative estimate of drug-likeness (QED) is 0.370. The molecule has 1 heterocycles. The molecule has 0 N–H and O–H groups in total. The summed E-state index contributed by atoms with van der Waals surface area (Å²) in [7, 11) is 5.94. The fourth-order valence-corrected chi connectivity index (χ4v) is 3.96. The van der Waals surface area contributed by atoms with Gasteiger partial charge in [0.1, 0.15) is 23.1 Å². The number of hydrogen-bond donors (Lipinski definition) is 0. The number of pyridine rings is 1. The molecule has 0 radical (unpaired) electrons. The molecule has 170 valence electrons. The van der Waals surface area contributed by atoms with Crippen molar-refractivity contribution in [2.45, 2.75) is 0 Å². The van der Waals surface area contributed by atoms with Crippen molar-refractivity contribution in [2.75, 3.05) is 28.4 Å². The van der Waals surface area contributed by atoms with Gasteiger partial charge in [0.2, 0.25) is 5.88 Å². The number of carbonyl (C=O) groups is 1. The summed E-state index contributed by atoms with van der Waals surface area (Å²) >= 11 is 0. The monoisotopic (exact) mass is 454 g/mol. The molecule has 4 rings (SSSR count). The topological polar surface area (TPSA) is 90.7 Å². The molecule has 2 aliphatic rings. The van der Waals surface area contributed by atoms with Crippen molar-refractivity contribution in [2.24, 2.45) is 0 Å². The van der Waals surface area contributed by atoms with Crippen molar-refractivity contribution in [1.29, 1.82) is 5.26 Å². The van der Waals surface area contributed by atoms with Gasteiger partial charge in [-0.05, 0) is 35.4 Å². The molecule has 2 aliphatic carbocycles. The van der Waals surface area contributed by atoms with Gasteiger partial charge in [0.15, 0.2) is 0 Å². The molecule has 0 unspecified atom stereocenters. The first-order valence-electron chi connectivity index (χ1n) is 10.4. The van der Waals surface area contributed by atoms with Crippen LogP contribution in [-0.2, 0) is 4.74 Å². The fraction of sp³-hybridized carbons (Fsp3) is 0.148. The highest BCUT2D eigenvalue weighted by molar-refractivity contribution is 6.04. The molecule has 0 amide bonds. The normalized spacial score (nSPS) is 10.4. The molecule has 34 heavy (non-hydrogen) atoms. The third kappa shape index (κ3) is 3.86. The highest BCUT2D eigenvalue weighted by Crippen LogP contribution is 2.43. The van der Waals surface area contributed by atoms with Crippen LogP contribution in [0.3, 0.4) is 0 Å². The first-order valence-corrected chi connectivity index (χ1v) is 10.4. The summed E-state index contributed by atoms with van der Waals surface area (Å²) in [6.07, 6.45) is 0. The predicted molar refractivity (Wildman–Crippen MR) is 127 cm³/mol. The van der Waals surface area contributed by atoms with E-state index in [4.69, 9.17) is 18.9 Å². The van der Waals surface area contributed by atoms with E-state index in [1.807, 2.05) is 36.4 Å². The fourth-order valence-electron chi connectivity index (χ4n) is 3.96. The van der Waals surface area contributed by atoms with Crippen LogP contribution >= 0.6 is 0 Å². The Morgan fingerprint density at radius 3 is 2.21 bits per heavy atom. The summed E-state index contributed by atoms with van der Waals surface area (Å²) in [4.78, 5) is 17.1. The smallest absolute Gasteiger partial charge is 0.338 e. The Hall–Kier alpha value is -4.57. The largest absolute Gasteiger partial charge is 0.497 e. The second-order valence-corrected chi connectivity index (χ2v) is 7.32. The van der Waals surface area contributed by atoms with Gasteiger partial charge in [-0.2, -0.15) is 5.26 Å². The maximum absolute atomic E-state index is 12.5. The summed E-state index contributed by atoms with van der Waals surface area (Å²) in [6, 6.07) is 20.5. The lowest BCUT2D eigenvalue weighted by molar-refractivity contribution is 0.0602. The molecule has 0 fully saturated rings. The summed E-state index contributed by atoms with van der Waals surface area (Å²) in [5.41, 5.74) is 4.76. The minimum atomic E-state index is -0.444. The Labute approximate surface area is 197 Å². The van der Waals surface area contributed by atoms with Crippen LogP contribution in [0.2, 0.25) is 0 Å². The van der Waals surface area contributed by atoms with Gasteiger partial charge in [-0.25, -0.2) is 9.78 Å². The molecule has 1 aromatic carbocycles. The minimum absolute atomic E-state index is 0.169. The van der Waals surface area contributed by atoms with E-state index in [0.29, 0.717) is 39.4 Å². The average Bonchev–Trinajstić information content (AvgIpc) is 3.07. The Kier molecular flexibility index (Phi) is 6.33. The van der Waals surface area contributed by atoms with E-state index < -0.39 is 5.97 Å². The number of benzene rings is 1. The predicted octanol–water partition coefficient (Wildman–Crippen LogP) is 5.20. The molecule has 1 aromatic heterocycles. The van der Waals surface area contributed by atoms with Gasteiger partial charge in [0.25, 0.3) is 0 Å². The van der Waals surface area contributed by atoms with Crippen LogP contribution in [0.25, 0.3) is 33.5 Å². The Morgan fingerprint density at radius 2 is 1.56 bits per heavy atom. The van der Waals surface area contributed by atoms with Crippen LogP contribution in [0, 0.1) is 11.3 Å². The van der Waals surface area contributed by atoms with Gasteiger partial charge in [0.05, 0.1) is 39.7 Å². The third-order valence-electron chi connectivity index (χ3n) is 5.58. The zero-order chi connectivity index (χ0) is 24.2. The summed E-state index contributed by atoms with van der Waals surface area (Å²) in [6.45, 7) is 0. The molecule has 0 bridgehead atoms. The molecule has 0 aliphatic heterocycles. The SMILES string of the molecule is COC(=O)c1cc(-c2cc(-c3ccc(OC)cc3OC)c(C#N)c(OC)n2)c2cccccc1-2. The molecule has 7 heteroatoms. The van der Waals surface area contributed by atoms with Crippen LogP contribution < -0.4 is 14.2 Å². The van der Waals surface area contributed by atoms with Crippen molar-refractivity contribution < 1.29 is 23.7 Å². The van der Waals surface area contributed by atoms with Gasteiger partial charge >= 0.3 is 5.97 Å². The first-order chi connectivity index (χ1) is 16.6. The van der Waals surface area contributed by atoms with Crippen molar-refractivity contribution in [1.82, 2.24) is 4.98 Å². The summed E-state index contributed by atoms with van der Waals surface area (Å²) in [5.74, 6) is 0.879. The molecule has 0 atom stereocenters. The van der Waals surface area contributed by atoms with Crippen LogP contribution in [0.5, 0.6) is 17.4 Å². The van der Waals surface area contributed by atoms with Crippen LogP contribution in [0.1, 0.15) is 15.9 Å². The van der Waals surface area contributed by atoms with E-state index in [-0.39, 0.29) is 11.4 Å². The maximum Gasteiger partial charge on any atom is 0.338 e. The first kappa shape index (κ1) is 22.6. The third-order valence-corrected chi connectivity index (χ3v) is 5.58. The van der Waals surface area contributed by atoms with Gasteiger partial charge in [-0.15, -0.1) is 0 Å². The number of nitrogens with zero attached hydrogens (tertiary/aromatic N) is 2. The van der Waals surface area contributed by atoms with E-state index in [0.717, 1.165) is 11.1 Å². The molecule has 2 aromatic rings. The van der Waals surface area contributed by atoms with Crippen molar-refractivity contribution in [3.05, 3.63) is 71.8 Å². The Balaban J connectivity index is 2.03. The van der Waals surface area contributed by atoms with Crippen LogP contribution in [0.15, 0.2) is 60.7 Å². The van der Waals surface area contributed by atoms with Crippen LogP contribution in [-0.4, -0.2) is 39.4 Å². The van der Waals surface area contributed by atoms with E-state index in [9.17, 15) is 10.1 Å². The molecule has 0 saturated carbocycles. The number of nitriles is 1. The molecule has 0 saturated heterocycles. The highest BCUT2D eigenvalue weighted by Gasteiger charge is 2.25. The molecular formula is C27H22N2O5. The Bertz CT molecular complexity index is 1390. The van der Waals surface area contributed by atoms with E-state index in [1.54, 1.807) is 38.5 Å². The molecule has 7 nitrogen and oxygen atoms in total. The van der Waals surface area contributed by atoms with E-state index >= 15 is 0 Å². The zero-order valence-corrected chi connectivity index (χ0v) is 19.2. The van der Waals surface area contributed by atoms with Crippen molar-refractivity contribution >= 4 is 5.97 Å². The number of aromatic nitrogens is 1. The number of ether oxygens (including phenoxy) is 4. The summed E-state index contributed by atoms with van der Waals surface area (Å²) < 4.78 is 21.4. The number of carbonyl (C=O) groups excluding carboxylic acids is 1. The second kappa shape index (κ2) is 9.51. The molecule has 0 spiro atoms. The van der Waals surface area contributed by atoms with Gasteiger partial charge in [-0.3, -0.25) is 0 Å². The van der Waals surface area contributed by atoms with Gasteiger partial charge in [0, 0.05) is 22.8 Å². The van der Waals surface area contributed by atoms with Crippen molar-refractivity contribution in [3.63, 3.8) is 0 Å². The van der Waals surface area contributed by atoms with Crippen LogP contribution in [0.4, 0.5) is 0 Å². The van der Waals surface area contributed by atoms with Gasteiger partial charge < -0.3 is 18.9 Å². The lowest BCUT2D eigenvalue weighted by atomic mass is 9.97. The lowest BCUT2D eigenvalue weighted by Crippen LogP contribution is -2.00. The number of hydrogen-bond acceptors (Lipinski definition) is 7. The van der Waals surface area contributed by atoms with E-state index in [1.165, 1.54) is 14.2 Å². The standard InChI is InChI=1S/C27H22N2O5/c1-31-16-10-11-19(25(12-16)32-2)20-14-24(29-26(33-3)23(20)15-28)21-13-22(27(30)34-4)18-9-7-5-6-8-17(18)21/h5-14H,1-4H3. The number of esters is 1.